The molecule has 0 spiro atoms. The van der Waals surface area contributed by atoms with Crippen molar-refractivity contribution in [2.45, 2.75) is 31.8 Å². The number of carboxylic acids is 1. The molecular weight excluding hydrogens is 234 g/mol. The molecule has 0 aromatic carbocycles. The fourth-order valence-corrected chi connectivity index (χ4v) is 3.02. The summed E-state index contributed by atoms with van der Waals surface area (Å²) in [5.74, 6) is 1.01. The molecule has 0 unspecified atom stereocenters. The van der Waals surface area contributed by atoms with Gasteiger partial charge in [-0.2, -0.15) is 0 Å². The Labute approximate surface area is 106 Å². The molecule has 18 heavy (non-hydrogen) atoms. The SMILES string of the molecule is O=C(O)C[C@@H]1CN(C(=O)[C@H]2C[C@H]2C2CC2)CCO1. The zero-order valence-corrected chi connectivity index (χ0v) is 10.4. The number of morpholine rings is 1. The molecule has 0 bridgehead atoms. The van der Waals surface area contributed by atoms with E-state index >= 15 is 0 Å². The largest absolute Gasteiger partial charge is 0.481 e. The first kappa shape index (κ1) is 12.0. The second kappa shape index (κ2) is 4.53. The van der Waals surface area contributed by atoms with Crippen molar-refractivity contribution in [1.82, 2.24) is 4.90 Å². The first-order valence-electron chi connectivity index (χ1n) is 6.77. The summed E-state index contributed by atoms with van der Waals surface area (Å²) in [5.41, 5.74) is 0. The minimum absolute atomic E-state index is 0.0134. The molecule has 1 heterocycles. The molecule has 100 valence electrons. The van der Waals surface area contributed by atoms with Crippen LogP contribution < -0.4 is 0 Å². The summed E-state index contributed by atoms with van der Waals surface area (Å²) in [4.78, 5) is 24.7. The van der Waals surface area contributed by atoms with Gasteiger partial charge in [-0.05, 0) is 31.1 Å². The fraction of sp³-hybridized carbons (Fsp3) is 0.846. The van der Waals surface area contributed by atoms with Gasteiger partial charge >= 0.3 is 5.97 Å². The summed E-state index contributed by atoms with van der Waals surface area (Å²) in [6, 6.07) is 0. The molecular formula is C13H19NO4. The highest BCUT2D eigenvalue weighted by Gasteiger charge is 2.52. The molecule has 3 fully saturated rings. The van der Waals surface area contributed by atoms with Crippen molar-refractivity contribution in [3.63, 3.8) is 0 Å². The van der Waals surface area contributed by atoms with Crippen molar-refractivity contribution in [1.29, 1.82) is 0 Å². The number of nitrogens with zero attached hydrogens (tertiary/aromatic N) is 1. The van der Waals surface area contributed by atoms with Crippen LogP contribution in [-0.2, 0) is 14.3 Å². The molecule has 3 atom stereocenters. The van der Waals surface area contributed by atoms with E-state index in [0.29, 0.717) is 25.6 Å². The minimum Gasteiger partial charge on any atom is -0.481 e. The maximum Gasteiger partial charge on any atom is 0.306 e. The lowest BCUT2D eigenvalue weighted by atomic mass is 10.1. The zero-order valence-electron chi connectivity index (χ0n) is 10.4. The lowest BCUT2D eigenvalue weighted by Crippen LogP contribution is -2.47. The number of ether oxygens (including phenoxy) is 1. The Kier molecular flexibility index (Phi) is 3.01. The van der Waals surface area contributed by atoms with Crippen molar-refractivity contribution in [3.05, 3.63) is 0 Å². The molecule has 5 nitrogen and oxygen atoms in total. The van der Waals surface area contributed by atoms with Gasteiger partial charge in [0.2, 0.25) is 5.91 Å². The fourth-order valence-electron chi connectivity index (χ4n) is 3.02. The van der Waals surface area contributed by atoms with Crippen LogP contribution in [0.2, 0.25) is 0 Å². The smallest absolute Gasteiger partial charge is 0.306 e. The maximum atomic E-state index is 12.3. The van der Waals surface area contributed by atoms with E-state index < -0.39 is 5.97 Å². The first-order valence-corrected chi connectivity index (χ1v) is 6.77. The molecule has 0 aromatic rings. The zero-order chi connectivity index (χ0) is 12.7. The number of aliphatic carboxylic acids is 1. The number of carbonyl (C=O) groups is 2. The average molecular weight is 253 g/mol. The van der Waals surface area contributed by atoms with Crippen molar-refractivity contribution < 1.29 is 19.4 Å². The van der Waals surface area contributed by atoms with Crippen LogP contribution in [0.1, 0.15) is 25.7 Å². The standard InChI is InChI=1S/C13H19NO4/c15-12(16)5-9-7-14(3-4-18-9)13(17)11-6-10(11)8-1-2-8/h8-11H,1-7H2,(H,15,16)/t9-,10+,11+/m1/s1. The molecule has 3 rings (SSSR count). The highest BCUT2D eigenvalue weighted by atomic mass is 16.5. The van der Waals surface area contributed by atoms with Crippen LogP contribution in [0.3, 0.4) is 0 Å². The number of carboxylic acid groups (broad SMARTS) is 1. The Bertz CT molecular complexity index is 366. The van der Waals surface area contributed by atoms with Gasteiger partial charge in [0, 0.05) is 19.0 Å². The third kappa shape index (κ3) is 2.51. The molecule has 1 aliphatic heterocycles. The van der Waals surface area contributed by atoms with Crippen LogP contribution in [0.4, 0.5) is 0 Å². The molecule has 2 saturated carbocycles. The predicted molar refractivity (Wildman–Crippen MR) is 62.9 cm³/mol. The van der Waals surface area contributed by atoms with Crippen molar-refractivity contribution in [2.75, 3.05) is 19.7 Å². The predicted octanol–water partition coefficient (Wildman–Crippen LogP) is 0.735. The summed E-state index contributed by atoms with van der Waals surface area (Å²) in [6.45, 7) is 1.52. The lowest BCUT2D eigenvalue weighted by Gasteiger charge is -2.32. The van der Waals surface area contributed by atoms with Crippen LogP contribution in [0.5, 0.6) is 0 Å². The van der Waals surface area contributed by atoms with Crippen LogP contribution in [0.25, 0.3) is 0 Å². The van der Waals surface area contributed by atoms with Gasteiger partial charge in [-0.3, -0.25) is 9.59 Å². The molecule has 1 saturated heterocycles. The van der Waals surface area contributed by atoms with Gasteiger partial charge in [0.1, 0.15) is 0 Å². The highest BCUT2D eigenvalue weighted by Crippen LogP contribution is 2.54. The molecule has 1 N–H and O–H groups in total. The molecule has 1 amide bonds. The van der Waals surface area contributed by atoms with Gasteiger partial charge in [-0.1, -0.05) is 0 Å². The van der Waals surface area contributed by atoms with Gasteiger partial charge in [0.15, 0.2) is 0 Å². The number of amides is 1. The third-order valence-corrected chi connectivity index (χ3v) is 4.24. The van der Waals surface area contributed by atoms with Crippen LogP contribution >= 0.6 is 0 Å². The van der Waals surface area contributed by atoms with E-state index in [1.807, 2.05) is 4.90 Å². The van der Waals surface area contributed by atoms with Gasteiger partial charge < -0.3 is 14.7 Å². The monoisotopic (exact) mass is 253 g/mol. The van der Waals surface area contributed by atoms with E-state index in [1.165, 1.54) is 12.8 Å². The highest BCUT2D eigenvalue weighted by molar-refractivity contribution is 5.82. The van der Waals surface area contributed by atoms with E-state index in [4.69, 9.17) is 9.84 Å². The van der Waals surface area contributed by atoms with E-state index in [-0.39, 0.29) is 24.3 Å². The quantitative estimate of drug-likeness (QED) is 0.802. The van der Waals surface area contributed by atoms with E-state index in [2.05, 4.69) is 0 Å². The molecule has 5 heteroatoms. The summed E-state index contributed by atoms with van der Waals surface area (Å²) < 4.78 is 5.38. The summed E-state index contributed by atoms with van der Waals surface area (Å²) in [7, 11) is 0. The Morgan fingerprint density at radius 2 is 2.11 bits per heavy atom. The van der Waals surface area contributed by atoms with Crippen LogP contribution in [0.15, 0.2) is 0 Å². The topological polar surface area (TPSA) is 66.8 Å². The number of rotatable bonds is 4. The Hall–Kier alpha value is -1.10. The first-order chi connectivity index (χ1) is 8.65. The van der Waals surface area contributed by atoms with Gasteiger partial charge in [0.25, 0.3) is 0 Å². The summed E-state index contributed by atoms with van der Waals surface area (Å²) >= 11 is 0. The van der Waals surface area contributed by atoms with Crippen LogP contribution in [-0.4, -0.2) is 47.7 Å². The molecule has 0 aromatic heterocycles. The number of hydrogen-bond donors (Lipinski definition) is 1. The number of carbonyl (C=O) groups excluding carboxylic acids is 1. The van der Waals surface area contributed by atoms with Crippen molar-refractivity contribution in [2.24, 2.45) is 17.8 Å². The number of hydrogen-bond acceptors (Lipinski definition) is 3. The van der Waals surface area contributed by atoms with Gasteiger partial charge in [-0.25, -0.2) is 0 Å². The maximum absolute atomic E-state index is 12.3. The lowest BCUT2D eigenvalue weighted by molar-refractivity contribution is -0.148. The average Bonchev–Trinajstić information content (AvgIpc) is 3.17. The molecule has 0 radical (unpaired) electrons. The second-order valence-corrected chi connectivity index (χ2v) is 5.72. The molecule has 3 aliphatic rings. The van der Waals surface area contributed by atoms with E-state index in [1.54, 1.807) is 0 Å². The Morgan fingerprint density at radius 3 is 2.78 bits per heavy atom. The van der Waals surface area contributed by atoms with Crippen molar-refractivity contribution in [3.8, 4) is 0 Å². The minimum atomic E-state index is -0.864. The third-order valence-electron chi connectivity index (χ3n) is 4.24. The normalized spacial score (nSPS) is 35.3. The van der Waals surface area contributed by atoms with Gasteiger partial charge in [-0.15, -0.1) is 0 Å². The Morgan fingerprint density at radius 1 is 1.33 bits per heavy atom. The summed E-state index contributed by atoms with van der Waals surface area (Å²) in [5, 5.41) is 8.75. The molecule has 2 aliphatic carbocycles. The summed E-state index contributed by atoms with van der Waals surface area (Å²) in [6.07, 6.45) is 3.28. The van der Waals surface area contributed by atoms with Crippen molar-refractivity contribution >= 4 is 11.9 Å². The van der Waals surface area contributed by atoms with E-state index in [9.17, 15) is 9.59 Å². The van der Waals surface area contributed by atoms with Gasteiger partial charge in [0.05, 0.1) is 19.1 Å². The second-order valence-electron chi connectivity index (χ2n) is 5.72. The Balaban J connectivity index is 1.52. The van der Waals surface area contributed by atoms with Crippen LogP contribution in [0, 0.1) is 17.8 Å². The van der Waals surface area contributed by atoms with E-state index in [0.717, 1.165) is 12.3 Å².